The van der Waals surface area contributed by atoms with E-state index in [2.05, 4.69) is 32.6 Å². The van der Waals surface area contributed by atoms with Crippen molar-refractivity contribution in [3.8, 4) is 6.07 Å². The fourth-order valence-electron chi connectivity index (χ4n) is 5.84. The maximum Gasteiger partial charge on any atom is 0.123 e. The number of hydrazine groups is 2. The smallest absolute Gasteiger partial charge is 0.123 e. The SMILES string of the molecule is [2H][C@](Nc1cc(Cl)c2ncc(C#N)c(NC3C4CCCC43)c2c1)(C1=CN(C2CC2)NN1)c1ccc(F)cc1. The minimum Gasteiger partial charge on any atom is -0.380 e. The van der Waals surface area contributed by atoms with Crippen molar-refractivity contribution in [2.45, 2.75) is 50.2 Å². The lowest BCUT2D eigenvalue weighted by Gasteiger charge is -2.22. The van der Waals surface area contributed by atoms with Gasteiger partial charge in [-0.15, -0.1) is 5.53 Å². The predicted octanol–water partition coefficient (Wildman–Crippen LogP) is 5.59. The minimum atomic E-state index is -1.48. The van der Waals surface area contributed by atoms with E-state index in [1.54, 1.807) is 24.4 Å². The number of aromatic nitrogens is 1. The lowest BCUT2D eigenvalue weighted by Crippen LogP contribution is -2.38. The molecule has 37 heavy (non-hydrogen) atoms. The van der Waals surface area contributed by atoms with Crippen LogP contribution in [0.25, 0.3) is 10.9 Å². The Balaban J connectivity index is 1.30. The van der Waals surface area contributed by atoms with E-state index in [1.165, 1.54) is 31.4 Å². The third kappa shape index (κ3) is 4.12. The van der Waals surface area contributed by atoms with Gasteiger partial charge < -0.3 is 16.1 Å². The van der Waals surface area contributed by atoms with Crippen LogP contribution in [0.5, 0.6) is 0 Å². The summed E-state index contributed by atoms with van der Waals surface area (Å²) in [4.78, 5) is 4.48. The first-order chi connectivity index (χ1) is 18.4. The predicted molar refractivity (Wildman–Crippen MR) is 142 cm³/mol. The standard InChI is InChI=1S/C28H27ClFN7/c29-23-11-18(10-22-25(16(12-31)13-32-28(22)23)34-27-20-2-1-3-21(20)27)33-26(15-4-6-17(30)7-5-15)24-14-37(36-35-24)19-8-9-19/h4-7,10-11,13-14,19-21,26-27,33,35-36H,1-3,8-9H2,(H,32,34)/t20?,21?,26-,27?/m1/s1/i26D. The van der Waals surface area contributed by atoms with Gasteiger partial charge in [0.25, 0.3) is 0 Å². The first kappa shape index (κ1) is 21.5. The van der Waals surface area contributed by atoms with Crippen molar-refractivity contribution in [1.82, 2.24) is 21.0 Å². The molecule has 3 aliphatic carbocycles. The third-order valence-electron chi connectivity index (χ3n) is 7.96. The van der Waals surface area contributed by atoms with Crippen LogP contribution in [-0.4, -0.2) is 22.1 Å². The summed E-state index contributed by atoms with van der Waals surface area (Å²) < 4.78 is 23.4. The molecule has 0 bridgehead atoms. The highest BCUT2D eigenvalue weighted by molar-refractivity contribution is 6.35. The van der Waals surface area contributed by atoms with Crippen LogP contribution in [0.1, 0.15) is 50.6 Å². The van der Waals surface area contributed by atoms with E-state index in [0.29, 0.717) is 57.0 Å². The molecule has 1 aromatic heterocycles. The van der Waals surface area contributed by atoms with Gasteiger partial charge in [0.1, 0.15) is 11.9 Å². The molecule has 2 unspecified atom stereocenters. The van der Waals surface area contributed by atoms with Crippen LogP contribution in [0.3, 0.4) is 0 Å². The van der Waals surface area contributed by atoms with E-state index in [9.17, 15) is 11.0 Å². The topological polar surface area (TPSA) is 88.0 Å². The maximum atomic E-state index is 13.8. The molecule has 3 atom stereocenters. The van der Waals surface area contributed by atoms with Crippen LogP contribution >= 0.6 is 11.6 Å². The first-order valence-electron chi connectivity index (χ1n) is 13.3. The maximum absolute atomic E-state index is 13.8. The van der Waals surface area contributed by atoms with Crippen LogP contribution in [0.2, 0.25) is 5.02 Å². The molecule has 7 rings (SSSR count). The largest absolute Gasteiger partial charge is 0.380 e. The zero-order valence-electron chi connectivity index (χ0n) is 21.1. The average molecular weight is 517 g/mol. The summed E-state index contributed by atoms with van der Waals surface area (Å²) in [5, 5.41) is 20.0. The first-order valence-corrected chi connectivity index (χ1v) is 13.2. The number of nitrogens with zero attached hydrogens (tertiary/aromatic N) is 3. The number of nitriles is 1. The Kier molecular flexibility index (Phi) is 5.12. The van der Waals surface area contributed by atoms with Gasteiger partial charge in [0.15, 0.2) is 0 Å². The highest BCUT2D eigenvalue weighted by Gasteiger charge is 2.52. The van der Waals surface area contributed by atoms with Crippen molar-refractivity contribution in [3.05, 3.63) is 76.5 Å². The van der Waals surface area contributed by atoms with Gasteiger partial charge in [0, 0.05) is 35.6 Å². The number of nitrogens with one attached hydrogen (secondary N) is 4. The Labute approximate surface area is 221 Å². The molecule has 0 spiro atoms. The number of pyridine rings is 1. The van der Waals surface area contributed by atoms with E-state index in [4.69, 9.17) is 11.6 Å². The molecule has 2 heterocycles. The number of rotatable bonds is 7. The van der Waals surface area contributed by atoms with Crippen LogP contribution in [0, 0.1) is 29.0 Å². The van der Waals surface area contributed by atoms with Gasteiger partial charge in [-0.3, -0.25) is 9.99 Å². The van der Waals surface area contributed by atoms with Crippen molar-refractivity contribution in [2.24, 2.45) is 11.8 Å². The van der Waals surface area contributed by atoms with E-state index < -0.39 is 6.02 Å². The molecule has 3 saturated carbocycles. The highest BCUT2D eigenvalue weighted by Crippen LogP contribution is 2.54. The van der Waals surface area contributed by atoms with Gasteiger partial charge in [-0.05, 0) is 67.3 Å². The second-order valence-corrected chi connectivity index (χ2v) is 10.8. The molecule has 0 radical (unpaired) electrons. The van der Waals surface area contributed by atoms with Crippen molar-refractivity contribution >= 4 is 33.9 Å². The summed E-state index contributed by atoms with van der Waals surface area (Å²) in [5.41, 5.74) is 9.78. The second kappa shape index (κ2) is 8.79. The summed E-state index contributed by atoms with van der Waals surface area (Å²) in [6.45, 7) is 0. The van der Waals surface area contributed by atoms with Crippen LogP contribution in [0.15, 0.2) is 54.5 Å². The summed E-state index contributed by atoms with van der Waals surface area (Å²) >= 11 is 6.73. The van der Waals surface area contributed by atoms with Gasteiger partial charge in [0.2, 0.25) is 0 Å². The molecule has 7 nitrogen and oxygen atoms in total. The van der Waals surface area contributed by atoms with Crippen molar-refractivity contribution in [3.63, 3.8) is 0 Å². The molecule has 0 saturated heterocycles. The zero-order chi connectivity index (χ0) is 26.0. The molecule has 4 aliphatic rings. The van der Waals surface area contributed by atoms with Crippen LogP contribution < -0.4 is 21.6 Å². The third-order valence-corrected chi connectivity index (χ3v) is 8.25. The summed E-state index contributed by atoms with van der Waals surface area (Å²) in [5.74, 6) is 0.943. The number of halogens is 2. The molecule has 2 aromatic carbocycles. The van der Waals surface area contributed by atoms with Gasteiger partial charge in [-0.2, -0.15) is 5.26 Å². The minimum absolute atomic E-state index is 0.360. The lowest BCUT2D eigenvalue weighted by molar-refractivity contribution is 0.260. The van der Waals surface area contributed by atoms with E-state index in [1.807, 2.05) is 17.3 Å². The molecular weight excluding hydrogens is 489 g/mol. The molecular formula is C28H27ClFN7. The van der Waals surface area contributed by atoms with Gasteiger partial charge in [0.05, 0.1) is 34.9 Å². The quantitative estimate of drug-likeness (QED) is 0.325. The monoisotopic (exact) mass is 516 g/mol. The Morgan fingerprint density at radius 3 is 2.70 bits per heavy atom. The molecule has 1 aliphatic heterocycles. The fourth-order valence-corrected chi connectivity index (χ4v) is 6.10. The Morgan fingerprint density at radius 1 is 1.19 bits per heavy atom. The molecule has 3 fully saturated rings. The van der Waals surface area contributed by atoms with E-state index in [-0.39, 0.29) is 5.82 Å². The number of benzene rings is 2. The van der Waals surface area contributed by atoms with Crippen LogP contribution in [0.4, 0.5) is 15.8 Å². The molecule has 4 N–H and O–H groups in total. The number of fused-ring (bicyclic) bond motifs is 2. The summed E-state index contributed by atoms with van der Waals surface area (Å²) in [6.07, 6.45) is 9.32. The Bertz CT molecular complexity index is 1490. The van der Waals surface area contributed by atoms with Crippen molar-refractivity contribution in [1.29, 1.82) is 5.26 Å². The average Bonchev–Trinajstić information content (AvgIpc) is 3.73. The fraction of sp³-hybridized carbons (Fsp3) is 0.357. The lowest BCUT2D eigenvalue weighted by atomic mass is 10.0. The molecule has 9 heteroatoms. The summed E-state index contributed by atoms with van der Waals surface area (Å²) in [7, 11) is 0. The van der Waals surface area contributed by atoms with Crippen molar-refractivity contribution < 1.29 is 5.76 Å². The van der Waals surface area contributed by atoms with Gasteiger partial charge in [-0.1, -0.05) is 30.2 Å². The normalized spacial score (nSPS) is 26.0. The summed E-state index contributed by atoms with van der Waals surface area (Å²) in [6, 6.07) is 11.1. The number of hydrogen-bond donors (Lipinski definition) is 4. The van der Waals surface area contributed by atoms with E-state index >= 15 is 0 Å². The van der Waals surface area contributed by atoms with Crippen LogP contribution in [-0.2, 0) is 0 Å². The number of hydrogen-bond acceptors (Lipinski definition) is 7. The molecule has 3 aromatic rings. The molecule has 188 valence electrons. The van der Waals surface area contributed by atoms with Crippen molar-refractivity contribution in [2.75, 3.05) is 10.6 Å². The second-order valence-electron chi connectivity index (χ2n) is 10.4. The Hall–Kier alpha value is -3.54. The highest BCUT2D eigenvalue weighted by atomic mass is 35.5. The van der Waals surface area contributed by atoms with Gasteiger partial charge >= 0.3 is 0 Å². The Morgan fingerprint density at radius 2 is 1.97 bits per heavy atom. The number of anilines is 2. The molecule has 0 amide bonds. The van der Waals surface area contributed by atoms with Gasteiger partial charge in [-0.25, -0.2) is 4.39 Å². The zero-order valence-corrected chi connectivity index (χ0v) is 20.8. The van der Waals surface area contributed by atoms with E-state index in [0.717, 1.165) is 23.9 Å².